The van der Waals surface area contributed by atoms with Gasteiger partial charge in [0.2, 0.25) is 5.91 Å². The number of benzene rings is 1. The fourth-order valence-corrected chi connectivity index (χ4v) is 2.91. The molecule has 0 saturated carbocycles. The van der Waals surface area contributed by atoms with Crippen LogP contribution in [0.1, 0.15) is 30.9 Å². The lowest BCUT2D eigenvalue weighted by atomic mass is 9.90. The number of amides is 1. The second-order valence-electron chi connectivity index (χ2n) is 6.07. The molecule has 0 spiro atoms. The number of aliphatic imine (C=N–C) groups is 1. The summed E-state index contributed by atoms with van der Waals surface area (Å²) in [5.74, 6) is 0.352. The zero-order chi connectivity index (χ0) is 17.5. The number of carbonyl (C=O) groups is 1. The minimum Gasteiger partial charge on any atom is -0.399 e. The number of amidine groups is 1. The fourth-order valence-electron chi connectivity index (χ4n) is 2.91. The number of hydrogen-bond acceptors (Lipinski definition) is 5. The van der Waals surface area contributed by atoms with Crippen LogP contribution in [0.5, 0.6) is 0 Å². The van der Waals surface area contributed by atoms with E-state index in [-0.39, 0.29) is 18.3 Å². The standard InChI is InChI=1S/C16H19FN6O/c1-9(24)20-7-14-21-6-13-15(19)22-16(2,8-23(13)14)11-5-10(18)3-4-12(11)17/h3-6H,7-8,18H2,1-2H3,(H2,19,22)(H,20,24)/t16-/m0/s1. The SMILES string of the molecule is CC(=O)NCc1ncc2n1C[C@@](C)(c1cc(N)ccc1F)N=C2N. The van der Waals surface area contributed by atoms with Crippen molar-refractivity contribution in [2.75, 3.05) is 5.73 Å². The highest BCUT2D eigenvalue weighted by atomic mass is 19.1. The molecule has 24 heavy (non-hydrogen) atoms. The molecule has 1 aromatic heterocycles. The van der Waals surface area contributed by atoms with Gasteiger partial charge < -0.3 is 21.4 Å². The van der Waals surface area contributed by atoms with Gasteiger partial charge in [-0.15, -0.1) is 0 Å². The van der Waals surface area contributed by atoms with Gasteiger partial charge in [-0.3, -0.25) is 9.79 Å². The number of aromatic nitrogens is 2. The Morgan fingerprint density at radius 2 is 2.21 bits per heavy atom. The summed E-state index contributed by atoms with van der Waals surface area (Å²) < 4.78 is 16.2. The molecule has 0 radical (unpaired) electrons. The molecule has 1 aliphatic heterocycles. The number of nitrogen functional groups attached to an aromatic ring is 1. The van der Waals surface area contributed by atoms with Crippen LogP contribution in [0, 0.1) is 5.82 Å². The van der Waals surface area contributed by atoms with E-state index >= 15 is 0 Å². The van der Waals surface area contributed by atoms with E-state index in [0.29, 0.717) is 29.3 Å². The van der Waals surface area contributed by atoms with Gasteiger partial charge in [0.1, 0.15) is 28.7 Å². The number of anilines is 1. The van der Waals surface area contributed by atoms with Gasteiger partial charge in [0.25, 0.3) is 0 Å². The van der Waals surface area contributed by atoms with E-state index in [2.05, 4.69) is 15.3 Å². The Labute approximate surface area is 138 Å². The van der Waals surface area contributed by atoms with E-state index in [1.165, 1.54) is 19.1 Å². The van der Waals surface area contributed by atoms with Crippen LogP contribution in [0.2, 0.25) is 0 Å². The highest BCUT2D eigenvalue weighted by molar-refractivity contribution is 5.96. The summed E-state index contributed by atoms with van der Waals surface area (Å²) >= 11 is 0. The summed E-state index contributed by atoms with van der Waals surface area (Å²) in [6.07, 6.45) is 1.60. The van der Waals surface area contributed by atoms with Crippen molar-refractivity contribution in [1.29, 1.82) is 0 Å². The number of nitrogens with one attached hydrogen (secondary N) is 1. The van der Waals surface area contributed by atoms with E-state index < -0.39 is 11.4 Å². The van der Waals surface area contributed by atoms with Crippen LogP contribution in [0.3, 0.4) is 0 Å². The van der Waals surface area contributed by atoms with Crippen molar-refractivity contribution in [2.24, 2.45) is 10.7 Å². The van der Waals surface area contributed by atoms with Gasteiger partial charge in [0.15, 0.2) is 0 Å². The topological polar surface area (TPSA) is 111 Å². The number of imidazole rings is 1. The Morgan fingerprint density at radius 1 is 1.46 bits per heavy atom. The molecule has 126 valence electrons. The number of nitrogens with two attached hydrogens (primary N) is 2. The van der Waals surface area contributed by atoms with Crippen LogP contribution in [-0.4, -0.2) is 21.3 Å². The summed E-state index contributed by atoms with van der Waals surface area (Å²) in [6, 6.07) is 4.40. The smallest absolute Gasteiger partial charge is 0.217 e. The lowest BCUT2D eigenvalue weighted by molar-refractivity contribution is -0.119. The Hall–Kier alpha value is -2.90. The molecule has 0 unspecified atom stereocenters. The molecular formula is C16H19FN6O. The first-order valence-corrected chi connectivity index (χ1v) is 7.50. The van der Waals surface area contributed by atoms with Crippen LogP contribution >= 0.6 is 0 Å². The minimum absolute atomic E-state index is 0.158. The van der Waals surface area contributed by atoms with Crippen LogP contribution in [0.15, 0.2) is 29.4 Å². The maximum Gasteiger partial charge on any atom is 0.217 e. The van der Waals surface area contributed by atoms with Gasteiger partial charge in [-0.1, -0.05) is 0 Å². The average molecular weight is 330 g/mol. The van der Waals surface area contributed by atoms with Crippen molar-refractivity contribution < 1.29 is 9.18 Å². The van der Waals surface area contributed by atoms with E-state index in [9.17, 15) is 9.18 Å². The second kappa shape index (κ2) is 5.63. The highest BCUT2D eigenvalue weighted by Crippen LogP contribution is 2.34. The zero-order valence-electron chi connectivity index (χ0n) is 13.5. The predicted molar refractivity (Wildman–Crippen MR) is 88.6 cm³/mol. The molecule has 8 heteroatoms. The number of fused-ring (bicyclic) bond motifs is 1. The van der Waals surface area contributed by atoms with Crippen LogP contribution in [0.25, 0.3) is 0 Å². The summed E-state index contributed by atoms with van der Waals surface area (Å²) in [4.78, 5) is 19.9. The molecule has 2 heterocycles. The molecule has 7 nitrogen and oxygen atoms in total. The third-order valence-electron chi connectivity index (χ3n) is 4.10. The Balaban J connectivity index is 2.03. The molecule has 2 aromatic rings. The predicted octanol–water partition coefficient (Wildman–Crippen LogP) is 0.875. The number of nitrogens with zero attached hydrogens (tertiary/aromatic N) is 3. The maximum atomic E-state index is 14.3. The molecule has 1 amide bonds. The molecule has 1 aromatic carbocycles. The quantitative estimate of drug-likeness (QED) is 0.725. The molecule has 5 N–H and O–H groups in total. The van der Waals surface area contributed by atoms with Gasteiger partial charge in [0, 0.05) is 18.2 Å². The van der Waals surface area contributed by atoms with Crippen molar-refractivity contribution >= 4 is 17.4 Å². The van der Waals surface area contributed by atoms with Crippen molar-refractivity contribution in [3.05, 3.63) is 47.3 Å². The van der Waals surface area contributed by atoms with Gasteiger partial charge in [-0.25, -0.2) is 9.37 Å². The largest absolute Gasteiger partial charge is 0.399 e. The lowest BCUT2D eigenvalue weighted by Gasteiger charge is -2.32. The van der Waals surface area contributed by atoms with E-state index in [4.69, 9.17) is 11.5 Å². The molecule has 3 rings (SSSR count). The zero-order valence-corrected chi connectivity index (χ0v) is 13.5. The first-order valence-electron chi connectivity index (χ1n) is 7.50. The number of halogens is 1. The Kier molecular flexibility index (Phi) is 3.75. The van der Waals surface area contributed by atoms with E-state index in [1.807, 2.05) is 4.57 Å². The number of rotatable bonds is 3. The van der Waals surface area contributed by atoms with Crippen molar-refractivity contribution in [3.8, 4) is 0 Å². The molecule has 0 fully saturated rings. The molecule has 1 aliphatic rings. The van der Waals surface area contributed by atoms with Gasteiger partial charge in [-0.2, -0.15) is 0 Å². The van der Waals surface area contributed by atoms with Crippen LogP contribution in [-0.2, 0) is 23.4 Å². The summed E-state index contributed by atoms with van der Waals surface area (Å²) in [7, 11) is 0. The van der Waals surface area contributed by atoms with Crippen molar-refractivity contribution in [3.63, 3.8) is 0 Å². The van der Waals surface area contributed by atoms with Gasteiger partial charge >= 0.3 is 0 Å². The first-order chi connectivity index (χ1) is 11.3. The van der Waals surface area contributed by atoms with Gasteiger partial charge in [-0.05, 0) is 25.1 Å². The molecular weight excluding hydrogens is 311 g/mol. The number of hydrogen-bond donors (Lipinski definition) is 3. The molecule has 0 saturated heterocycles. The van der Waals surface area contributed by atoms with Crippen LogP contribution < -0.4 is 16.8 Å². The summed E-state index contributed by atoms with van der Waals surface area (Å²) in [5.41, 5.74) is 12.4. The van der Waals surface area contributed by atoms with E-state index in [0.717, 1.165) is 0 Å². The van der Waals surface area contributed by atoms with E-state index in [1.54, 1.807) is 19.2 Å². The van der Waals surface area contributed by atoms with Crippen LogP contribution in [0.4, 0.5) is 10.1 Å². The first kappa shape index (κ1) is 16.0. The molecule has 0 aliphatic carbocycles. The maximum absolute atomic E-state index is 14.3. The minimum atomic E-state index is -0.914. The third-order valence-corrected chi connectivity index (χ3v) is 4.10. The normalized spacial score (nSPS) is 19.5. The second-order valence-corrected chi connectivity index (χ2v) is 6.07. The number of carbonyl (C=O) groups excluding carboxylic acids is 1. The Bertz CT molecular complexity index is 843. The van der Waals surface area contributed by atoms with Crippen molar-refractivity contribution in [2.45, 2.75) is 32.5 Å². The average Bonchev–Trinajstić information content (AvgIpc) is 2.90. The summed E-state index contributed by atoms with van der Waals surface area (Å²) in [5, 5.41) is 2.70. The monoisotopic (exact) mass is 330 g/mol. The molecule has 0 bridgehead atoms. The molecule has 1 atom stereocenters. The van der Waals surface area contributed by atoms with Gasteiger partial charge in [0.05, 0.1) is 19.3 Å². The third kappa shape index (κ3) is 2.70. The lowest BCUT2D eigenvalue weighted by Crippen LogP contribution is -2.38. The Morgan fingerprint density at radius 3 is 2.92 bits per heavy atom. The summed E-state index contributed by atoms with van der Waals surface area (Å²) in [6.45, 7) is 3.83. The highest BCUT2D eigenvalue weighted by Gasteiger charge is 2.35. The van der Waals surface area contributed by atoms with Crippen molar-refractivity contribution in [1.82, 2.24) is 14.9 Å². The fraction of sp³-hybridized carbons (Fsp3) is 0.312.